The van der Waals surface area contributed by atoms with Gasteiger partial charge in [-0.1, -0.05) is 6.07 Å². The van der Waals surface area contributed by atoms with E-state index in [4.69, 9.17) is 0 Å². The Labute approximate surface area is 101 Å². The largest absolute Gasteiger partial charge is 0.417 e. The number of anilines is 1. The molecule has 1 aromatic carbocycles. The minimum Gasteiger partial charge on any atom is -0.324 e. The fourth-order valence-corrected chi connectivity index (χ4v) is 2.72. The van der Waals surface area contributed by atoms with E-state index in [0.29, 0.717) is 0 Å². The van der Waals surface area contributed by atoms with Gasteiger partial charge in [0.25, 0.3) is 0 Å². The van der Waals surface area contributed by atoms with E-state index in [1.54, 1.807) is 13.8 Å². The molecule has 0 saturated carbocycles. The highest BCUT2D eigenvalue weighted by Crippen LogP contribution is 2.48. The van der Waals surface area contributed by atoms with E-state index in [2.05, 4.69) is 5.32 Å². The van der Waals surface area contributed by atoms with Gasteiger partial charge in [0.05, 0.1) is 16.0 Å². The number of carbonyl (C=O) groups is 1. The summed E-state index contributed by atoms with van der Waals surface area (Å²) < 4.78 is 37.5. The molecule has 17 heavy (non-hydrogen) atoms. The molecule has 6 heteroatoms. The lowest BCUT2D eigenvalue weighted by molar-refractivity contribution is -0.139. The van der Waals surface area contributed by atoms with E-state index in [1.807, 2.05) is 0 Å². The molecule has 1 aromatic rings. The van der Waals surface area contributed by atoms with Crippen LogP contribution >= 0.6 is 11.8 Å². The third kappa shape index (κ3) is 2.13. The molecule has 0 aliphatic carbocycles. The molecule has 0 fully saturated rings. The maximum absolute atomic E-state index is 12.8. The first-order valence-corrected chi connectivity index (χ1v) is 5.74. The van der Waals surface area contributed by atoms with Crippen molar-refractivity contribution < 1.29 is 18.0 Å². The Morgan fingerprint density at radius 3 is 2.53 bits per heavy atom. The molecule has 0 radical (unpaired) electrons. The Bertz CT molecular complexity index is 482. The minimum absolute atomic E-state index is 0.0876. The average molecular weight is 261 g/mol. The zero-order valence-electron chi connectivity index (χ0n) is 9.18. The first-order valence-electron chi connectivity index (χ1n) is 4.92. The maximum Gasteiger partial charge on any atom is 0.417 e. The van der Waals surface area contributed by atoms with E-state index in [-0.39, 0.29) is 16.5 Å². The number of benzene rings is 1. The number of thioether (sulfide) groups is 1. The Morgan fingerprint density at radius 1 is 1.29 bits per heavy atom. The number of rotatable bonds is 0. The van der Waals surface area contributed by atoms with Crippen LogP contribution < -0.4 is 5.32 Å². The number of nitrogens with one attached hydrogen (secondary N) is 1. The van der Waals surface area contributed by atoms with Crippen LogP contribution in [0.2, 0.25) is 0 Å². The van der Waals surface area contributed by atoms with Crippen LogP contribution in [-0.2, 0) is 11.0 Å². The lowest BCUT2D eigenvalue weighted by Crippen LogP contribution is -2.37. The predicted octanol–water partition coefficient (Wildman–Crippen LogP) is 3.53. The molecule has 1 aliphatic heterocycles. The van der Waals surface area contributed by atoms with Crippen molar-refractivity contribution in [1.29, 1.82) is 0 Å². The van der Waals surface area contributed by atoms with Crippen LogP contribution in [0, 0.1) is 0 Å². The smallest absolute Gasteiger partial charge is 0.324 e. The predicted molar refractivity (Wildman–Crippen MR) is 60.0 cm³/mol. The van der Waals surface area contributed by atoms with Crippen LogP contribution in [0.1, 0.15) is 19.4 Å². The summed E-state index contributed by atoms with van der Waals surface area (Å²) >= 11 is 0.944. The highest BCUT2D eigenvalue weighted by atomic mass is 32.2. The highest BCUT2D eigenvalue weighted by molar-refractivity contribution is 8.01. The first-order chi connectivity index (χ1) is 7.72. The summed E-state index contributed by atoms with van der Waals surface area (Å²) in [5.41, 5.74) is -0.470. The summed E-state index contributed by atoms with van der Waals surface area (Å²) in [7, 11) is 0. The van der Waals surface area contributed by atoms with Crippen LogP contribution in [0.3, 0.4) is 0 Å². The third-order valence-corrected chi connectivity index (χ3v) is 3.81. The molecule has 1 aliphatic rings. The number of fused-ring (bicyclic) bond motifs is 1. The summed E-state index contributed by atoms with van der Waals surface area (Å²) in [6.45, 7) is 3.20. The fraction of sp³-hybridized carbons (Fsp3) is 0.364. The molecule has 0 unspecified atom stereocenters. The van der Waals surface area contributed by atoms with E-state index >= 15 is 0 Å². The molecule has 0 bridgehead atoms. The molecule has 0 atom stereocenters. The van der Waals surface area contributed by atoms with Crippen molar-refractivity contribution in [2.45, 2.75) is 29.7 Å². The molecular weight excluding hydrogens is 251 g/mol. The minimum atomic E-state index is -4.41. The van der Waals surface area contributed by atoms with Gasteiger partial charge in [-0.25, -0.2) is 0 Å². The Balaban J connectivity index is 2.57. The van der Waals surface area contributed by atoms with Crippen molar-refractivity contribution >= 4 is 23.4 Å². The van der Waals surface area contributed by atoms with Crippen molar-refractivity contribution in [3.05, 3.63) is 23.8 Å². The Kier molecular flexibility index (Phi) is 2.65. The van der Waals surface area contributed by atoms with E-state index in [1.165, 1.54) is 12.1 Å². The Hall–Kier alpha value is -1.17. The summed E-state index contributed by atoms with van der Waals surface area (Å²) in [5, 5.41) is 2.50. The van der Waals surface area contributed by atoms with Crippen LogP contribution in [-0.4, -0.2) is 10.7 Å². The van der Waals surface area contributed by atoms with Crippen LogP contribution in [0.15, 0.2) is 23.1 Å². The molecule has 2 rings (SSSR count). The maximum atomic E-state index is 12.8. The lowest BCUT2D eigenvalue weighted by atomic mass is 10.1. The van der Waals surface area contributed by atoms with Crippen molar-refractivity contribution in [1.82, 2.24) is 0 Å². The molecule has 92 valence electrons. The summed E-state index contributed by atoms with van der Waals surface area (Å²) in [6, 6.07) is 3.80. The number of alkyl halides is 3. The topological polar surface area (TPSA) is 29.1 Å². The van der Waals surface area contributed by atoms with Crippen molar-refractivity contribution in [2.24, 2.45) is 0 Å². The summed E-state index contributed by atoms with van der Waals surface area (Å²) in [5.74, 6) is -0.283. The average Bonchev–Trinajstić information content (AvgIpc) is 2.16. The quantitative estimate of drug-likeness (QED) is 0.774. The molecular formula is C11H10F3NOS. The molecule has 1 N–H and O–H groups in total. The highest BCUT2D eigenvalue weighted by Gasteiger charge is 2.41. The van der Waals surface area contributed by atoms with Crippen LogP contribution in [0.5, 0.6) is 0 Å². The van der Waals surface area contributed by atoms with Crippen LogP contribution in [0.25, 0.3) is 0 Å². The molecule has 0 aromatic heterocycles. The molecule has 1 amide bonds. The number of hydrogen-bond acceptors (Lipinski definition) is 2. The van der Waals surface area contributed by atoms with Gasteiger partial charge < -0.3 is 5.32 Å². The molecule has 2 nitrogen and oxygen atoms in total. The number of hydrogen-bond donors (Lipinski definition) is 1. The number of halogens is 3. The normalized spacial score (nSPS) is 18.5. The van der Waals surface area contributed by atoms with Gasteiger partial charge in [0.15, 0.2) is 0 Å². The second-order valence-electron chi connectivity index (χ2n) is 4.25. The van der Waals surface area contributed by atoms with Crippen LogP contribution in [0.4, 0.5) is 18.9 Å². The lowest BCUT2D eigenvalue weighted by Gasteiger charge is -2.31. The van der Waals surface area contributed by atoms with Gasteiger partial charge in [0, 0.05) is 4.90 Å². The second kappa shape index (κ2) is 3.66. The second-order valence-corrected chi connectivity index (χ2v) is 5.88. The van der Waals surface area contributed by atoms with E-state index in [0.717, 1.165) is 17.8 Å². The number of carbonyl (C=O) groups excluding carboxylic acids is 1. The first kappa shape index (κ1) is 12.3. The zero-order chi connectivity index (χ0) is 12.8. The van der Waals surface area contributed by atoms with Gasteiger partial charge >= 0.3 is 6.18 Å². The summed E-state index contributed by atoms with van der Waals surface area (Å²) in [6.07, 6.45) is -4.41. The van der Waals surface area contributed by atoms with E-state index < -0.39 is 16.5 Å². The van der Waals surface area contributed by atoms with Crippen molar-refractivity contribution in [2.75, 3.05) is 5.32 Å². The van der Waals surface area contributed by atoms with Gasteiger partial charge in [0.2, 0.25) is 5.91 Å². The summed E-state index contributed by atoms with van der Waals surface area (Å²) in [4.78, 5) is 11.7. The standard InChI is InChI=1S/C11H10F3NOS/c1-10(2)9(16)15-7-5-3-4-6(8(7)17-10)11(12,13)14/h3-5H,1-2H3,(H,15,16). The Morgan fingerprint density at radius 2 is 1.94 bits per heavy atom. The van der Waals surface area contributed by atoms with Gasteiger partial charge in [-0.15, -0.1) is 11.8 Å². The number of amides is 1. The SMILES string of the molecule is CC1(C)Sc2c(cccc2C(F)(F)F)NC1=O. The molecule has 1 heterocycles. The monoisotopic (exact) mass is 261 g/mol. The third-order valence-electron chi connectivity index (χ3n) is 2.47. The molecule has 0 spiro atoms. The van der Waals surface area contributed by atoms with Gasteiger partial charge in [-0.05, 0) is 26.0 Å². The van der Waals surface area contributed by atoms with Gasteiger partial charge in [0.1, 0.15) is 0 Å². The van der Waals surface area contributed by atoms with Gasteiger partial charge in [-0.3, -0.25) is 4.79 Å². The zero-order valence-corrected chi connectivity index (χ0v) is 10.00. The van der Waals surface area contributed by atoms with Crippen molar-refractivity contribution in [3.8, 4) is 0 Å². The van der Waals surface area contributed by atoms with Gasteiger partial charge in [-0.2, -0.15) is 13.2 Å². The fourth-order valence-electron chi connectivity index (χ4n) is 1.54. The van der Waals surface area contributed by atoms with E-state index in [9.17, 15) is 18.0 Å². The van der Waals surface area contributed by atoms with Crippen molar-refractivity contribution in [3.63, 3.8) is 0 Å². The molecule has 0 saturated heterocycles.